The van der Waals surface area contributed by atoms with Gasteiger partial charge in [-0.3, -0.25) is 9.69 Å². The second-order valence-corrected chi connectivity index (χ2v) is 10.7. The van der Waals surface area contributed by atoms with Gasteiger partial charge in [0.25, 0.3) is 5.91 Å². The number of fused-ring (bicyclic) bond motifs is 2. The number of nitrogens with zero attached hydrogens (tertiary/aromatic N) is 2. The molecule has 0 radical (unpaired) electrons. The predicted molar refractivity (Wildman–Crippen MR) is 156 cm³/mol. The summed E-state index contributed by atoms with van der Waals surface area (Å²) in [6.07, 6.45) is -0.211. The smallest absolute Gasteiger partial charge is 0.323 e. The second-order valence-electron chi connectivity index (χ2n) is 10.7. The number of hydrogen-bond acceptors (Lipinski definition) is 7. The van der Waals surface area contributed by atoms with Crippen molar-refractivity contribution in [3.05, 3.63) is 77.9 Å². The quantitative estimate of drug-likeness (QED) is 0.374. The van der Waals surface area contributed by atoms with Gasteiger partial charge in [0.2, 0.25) is 6.79 Å². The fourth-order valence-electron chi connectivity index (χ4n) is 5.05. The number of amides is 3. The fourth-order valence-corrected chi connectivity index (χ4v) is 5.05. The number of carbonyl (C=O) groups is 2. The van der Waals surface area contributed by atoms with E-state index in [2.05, 4.69) is 34.6 Å². The lowest BCUT2D eigenvalue weighted by molar-refractivity contribution is 0.0341. The molecule has 0 saturated heterocycles. The first-order chi connectivity index (χ1) is 19.8. The highest BCUT2D eigenvalue weighted by atomic mass is 16.7. The number of aliphatic hydroxyl groups is 1. The molecule has 5 rings (SSSR count). The molecule has 2 aliphatic rings. The topological polar surface area (TPSA) is 113 Å². The van der Waals surface area contributed by atoms with E-state index in [9.17, 15) is 14.7 Å². The summed E-state index contributed by atoms with van der Waals surface area (Å²) < 4.78 is 17.2. The van der Waals surface area contributed by atoms with E-state index in [0.29, 0.717) is 47.3 Å². The molecule has 3 aromatic carbocycles. The second kappa shape index (κ2) is 12.5. The molecular weight excluding hydrogens is 524 g/mol. The Kier molecular flexibility index (Phi) is 8.61. The highest BCUT2D eigenvalue weighted by molar-refractivity contribution is 6.02. The van der Waals surface area contributed by atoms with Crippen LogP contribution in [0.3, 0.4) is 0 Å². The zero-order valence-electron chi connectivity index (χ0n) is 23.5. The zero-order valence-corrected chi connectivity index (χ0v) is 23.5. The van der Waals surface area contributed by atoms with Crippen molar-refractivity contribution in [2.45, 2.75) is 32.5 Å². The summed E-state index contributed by atoms with van der Waals surface area (Å²) in [4.78, 5) is 30.4. The van der Waals surface area contributed by atoms with Gasteiger partial charge in [0.05, 0.1) is 18.2 Å². The van der Waals surface area contributed by atoms with Crippen LogP contribution in [-0.4, -0.2) is 72.5 Å². The van der Waals surface area contributed by atoms with Gasteiger partial charge >= 0.3 is 6.03 Å². The maximum atomic E-state index is 13.7. The average Bonchev–Trinajstić information content (AvgIpc) is 3.43. The van der Waals surface area contributed by atoms with Gasteiger partial charge in [0.15, 0.2) is 11.5 Å². The molecule has 0 aliphatic carbocycles. The van der Waals surface area contributed by atoms with Crippen LogP contribution in [-0.2, 0) is 6.54 Å². The third kappa shape index (κ3) is 6.72. The SMILES string of the molecule is C[C@@H]1CN([C@H](C)CO)C(=O)c2cc(NC(=O)Nc3ccc4c(c3)OCO4)ccc2O[C@@H]1CN(C)Cc1ccccc1. The van der Waals surface area contributed by atoms with Crippen molar-refractivity contribution < 1.29 is 28.9 Å². The van der Waals surface area contributed by atoms with Gasteiger partial charge in [0.1, 0.15) is 11.9 Å². The van der Waals surface area contributed by atoms with E-state index in [0.717, 1.165) is 6.54 Å². The molecule has 216 valence electrons. The van der Waals surface area contributed by atoms with Crippen molar-refractivity contribution in [3.8, 4) is 17.2 Å². The Hall–Kier alpha value is -4.28. The number of anilines is 2. The summed E-state index contributed by atoms with van der Waals surface area (Å²) in [5.74, 6) is 1.37. The Morgan fingerprint density at radius 2 is 1.71 bits per heavy atom. The third-order valence-corrected chi connectivity index (χ3v) is 7.34. The van der Waals surface area contributed by atoms with Gasteiger partial charge in [0, 0.05) is 43.0 Å². The van der Waals surface area contributed by atoms with Crippen LogP contribution >= 0.6 is 0 Å². The van der Waals surface area contributed by atoms with Crippen molar-refractivity contribution in [2.24, 2.45) is 5.92 Å². The molecule has 0 spiro atoms. The van der Waals surface area contributed by atoms with Crippen LogP contribution in [0.5, 0.6) is 17.2 Å². The number of benzene rings is 3. The normalized spacial score (nSPS) is 18.7. The molecular formula is C31H36N4O6. The number of rotatable bonds is 8. The van der Waals surface area contributed by atoms with Crippen LogP contribution in [0.2, 0.25) is 0 Å². The molecule has 2 heterocycles. The summed E-state index contributed by atoms with van der Waals surface area (Å²) in [6, 6.07) is 19.5. The lowest BCUT2D eigenvalue weighted by Crippen LogP contribution is -2.49. The molecule has 0 unspecified atom stereocenters. The van der Waals surface area contributed by atoms with E-state index in [1.807, 2.05) is 32.2 Å². The Bertz CT molecular complexity index is 1380. The maximum absolute atomic E-state index is 13.7. The number of carbonyl (C=O) groups excluding carboxylic acids is 2. The van der Waals surface area contributed by atoms with Gasteiger partial charge in [-0.05, 0) is 49.9 Å². The molecule has 2 aliphatic heterocycles. The minimum Gasteiger partial charge on any atom is -0.488 e. The van der Waals surface area contributed by atoms with E-state index < -0.39 is 6.03 Å². The third-order valence-electron chi connectivity index (χ3n) is 7.34. The van der Waals surface area contributed by atoms with Crippen molar-refractivity contribution >= 4 is 23.3 Å². The minimum atomic E-state index is -0.474. The van der Waals surface area contributed by atoms with E-state index >= 15 is 0 Å². The van der Waals surface area contributed by atoms with Crippen LogP contribution in [0.25, 0.3) is 0 Å². The Morgan fingerprint density at radius 1 is 1.02 bits per heavy atom. The summed E-state index contributed by atoms with van der Waals surface area (Å²) >= 11 is 0. The summed E-state index contributed by atoms with van der Waals surface area (Å²) in [5.41, 5.74) is 2.50. The molecule has 3 aromatic rings. The molecule has 3 N–H and O–H groups in total. The lowest BCUT2D eigenvalue weighted by atomic mass is 9.99. The van der Waals surface area contributed by atoms with Crippen molar-refractivity contribution in [3.63, 3.8) is 0 Å². The van der Waals surface area contributed by atoms with E-state index in [4.69, 9.17) is 14.2 Å². The molecule has 3 amide bonds. The fraction of sp³-hybridized carbons (Fsp3) is 0.355. The average molecular weight is 561 g/mol. The monoisotopic (exact) mass is 560 g/mol. The number of ether oxygens (including phenoxy) is 3. The van der Waals surface area contributed by atoms with Crippen molar-refractivity contribution in [1.29, 1.82) is 0 Å². The first kappa shape index (κ1) is 28.3. The van der Waals surface area contributed by atoms with Crippen LogP contribution in [0, 0.1) is 5.92 Å². The Balaban J connectivity index is 1.34. The maximum Gasteiger partial charge on any atom is 0.323 e. The molecule has 0 aromatic heterocycles. The van der Waals surface area contributed by atoms with Crippen LogP contribution in [0.1, 0.15) is 29.8 Å². The number of urea groups is 1. The minimum absolute atomic E-state index is 0.00426. The molecule has 0 fully saturated rings. The number of likely N-dealkylation sites (N-methyl/N-ethyl adjacent to an activating group) is 1. The number of aliphatic hydroxyl groups excluding tert-OH is 1. The first-order valence-corrected chi connectivity index (χ1v) is 13.7. The zero-order chi connectivity index (χ0) is 28.9. The van der Waals surface area contributed by atoms with Gasteiger partial charge in [-0.1, -0.05) is 37.3 Å². The molecule has 10 heteroatoms. The Morgan fingerprint density at radius 3 is 2.44 bits per heavy atom. The van der Waals surface area contributed by atoms with Crippen molar-refractivity contribution in [2.75, 3.05) is 44.2 Å². The van der Waals surface area contributed by atoms with Crippen molar-refractivity contribution in [1.82, 2.24) is 9.80 Å². The van der Waals surface area contributed by atoms with E-state index in [1.165, 1.54) is 5.56 Å². The number of nitrogens with one attached hydrogen (secondary N) is 2. The first-order valence-electron chi connectivity index (χ1n) is 13.7. The molecule has 41 heavy (non-hydrogen) atoms. The summed E-state index contributed by atoms with van der Waals surface area (Å²) in [6.45, 7) is 5.69. The van der Waals surface area contributed by atoms with Crippen LogP contribution in [0.4, 0.5) is 16.2 Å². The van der Waals surface area contributed by atoms with Crippen LogP contribution in [0.15, 0.2) is 66.7 Å². The highest BCUT2D eigenvalue weighted by Crippen LogP contribution is 2.34. The van der Waals surface area contributed by atoms with Gasteiger partial charge < -0.3 is 34.9 Å². The standard InChI is InChI=1S/C31H36N4O6/c1-20-15-35(21(2)18-36)30(37)25-13-23(32-31(38)33-24-10-12-27-28(14-24)40-19-39-27)9-11-26(25)41-29(20)17-34(3)16-22-7-5-4-6-8-22/h4-14,20-21,29,36H,15-19H2,1-3H3,(H2,32,33,38)/t20-,21-,29-/m1/s1. The molecule has 0 saturated carbocycles. The van der Waals surface area contributed by atoms with Gasteiger partial charge in [-0.25, -0.2) is 4.79 Å². The lowest BCUT2D eigenvalue weighted by Gasteiger charge is -2.38. The van der Waals surface area contributed by atoms with E-state index in [1.54, 1.807) is 41.3 Å². The molecule has 10 nitrogen and oxygen atoms in total. The van der Waals surface area contributed by atoms with Crippen LogP contribution < -0.4 is 24.8 Å². The Labute approximate surface area is 239 Å². The highest BCUT2D eigenvalue weighted by Gasteiger charge is 2.33. The molecule has 3 atom stereocenters. The van der Waals surface area contributed by atoms with Gasteiger partial charge in [-0.2, -0.15) is 0 Å². The largest absolute Gasteiger partial charge is 0.488 e. The predicted octanol–water partition coefficient (Wildman–Crippen LogP) is 4.41. The summed E-state index contributed by atoms with van der Waals surface area (Å²) in [5, 5.41) is 15.5. The van der Waals surface area contributed by atoms with Gasteiger partial charge in [-0.15, -0.1) is 0 Å². The van der Waals surface area contributed by atoms with E-state index in [-0.39, 0.29) is 37.4 Å². The molecule has 0 bridgehead atoms. The summed E-state index contributed by atoms with van der Waals surface area (Å²) in [7, 11) is 2.05. The number of hydrogen-bond donors (Lipinski definition) is 3.